The molecule has 0 unspecified atom stereocenters. The Morgan fingerprint density at radius 3 is 2.71 bits per heavy atom. The lowest BCUT2D eigenvalue weighted by Gasteiger charge is -2.04. The van der Waals surface area contributed by atoms with Crippen LogP contribution in [0.25, 0.3) is 22.6 Å². The van der Waals surface area contributed by atoms with Crippen LogP contribution in [0.15, 0.2) is 66.3 Å². The summed E-state index contributed by atoms with van der Waals surface area (Å²) in [4.78, 5) is 8.83. The Kier molecular flexibility index (Phi) is 4.04. The number of hydrogen-bond donors (Lipinski definition) is 2. The first-order chi connectivity index (χ1) is 11.9. The molecule has 0 aliphatic rings. The Morgan fingerprint density at radius 2 is 1.88 bits per heavy atom. The maximum Gasteiger partial charge on any atom is 0.183 e. The molecule has 4 aromatic rings. The summed E-state index contributed by atoms with van der Waals surface area (Å²) in [5, 5.41) is 13.1. The molecule has 5 nitrogen and oxygen atoms in total. The number of H-pyrrole nitrogens is 1. The standard InChI is InChI=1S/C18H15N5S/c1-2-6-14(7-3-1)16-11-24-18(22-16)19-10-13-5-4-8-15(9-13)17-20-12-21-23-17/h1-9,11-12H,10H2,(H,19,22)(H,20,21,23). The van der Waals surface area contributed by atoms with Crippen molar-refractivity contribution in [1.29, 1.82) is 0 Å². The van der Waals surface area contributed by atoms with Crippen molar-refractivity contribution in [2.75, 3.05) is 5.32 Å². The number of aromatic amines is 1. The van der Waals surface area contributed by atoms with Gasteiger partial charge in [0.05, 0.1) is 5.69 Å². The number of nitrogens with zero attached hydrogens (tertiary/aromatic N) is 3. The maximum atomic E-state index is 4.65. The van der Waals surface area contributed by atoms with Crippen LogP contribution in [0.5, 0.6) is 0 Å². The molecule has 24 heavy (non-hydrogen) atoms. The molecule has 2 N–H and O–H groups in total. The number of anilines is 1. The van der Waals surface area contributed by atoms with Gasteiger partial charge in [-0.1, -0.05) is 48.5 Å². The summed E-state index contributed by atoms with van der Waals surface area (Å²) in [5.74, 6) is 0.775. The minimum absolute atomic E-state index is 0.712. The fourth-order valence-corrected chi connectivity index (χ4v) is 3.17. The molecule has 0 bridgehead atoms. The van der Waals surface area contributed by atoms with Crippen molar-refractivity contribution in [3.63, 3.8) is 0 Å². The van der Waals surface area contributed by atoms with Crippen molar-refractivity contribution in [2.45, 2.75) is 6.54 Å². The second-order valence-corrected chi connectivity index (χ2v) is 6.15. The monoisotopic (exact) mass is 333 g/mol. The maximum absolute atomic E-state index is 4.65. The molecule has 0 atom stereocenters. The fraction of sp³-hybridized carbons (Fsp3) is 0.0556. The Balaban J connectivity index is 1.46. The highest BCUT2D eigenvalue weighted by Crippen LogP contribution is 2.25. The third-order valence-corrected chi connectivity index (χ3v) is 4.43. The molecule has 4 rings (SSSR count). The van der Waals surface area contributed by atoms with Gasteiger partial charge in [-0.25, -0.2) is 9.97 Å². The van der Waals surface area contributed by atoms with Crippen molar-refractivity contribution in [2.24, 2.45) is 0 Å². The van der Waals surface area contributed by atoms with Gasteiger partial charge in [-0.2, -0.15) is 5.10 Å². The van der Waals surface area contributed by atoms with Crippen LogP contribution in [0.4, 0.5) is 5.13 Å². The highest BCUT2D eigenvalue weighted by atomic mass is 32.1. The summed E-state index contributed by atoms with van der Waals surface area (Å²) < 4.78 is 0. The van der Waals surface area contributed by atoms with Crippen LogP contribution >= 0.6 is 11.3 Å². The fourth-order valence-electron chi connectivity index (χ4n) is 2.45. The number of hydrogen-bond acceptors (Lipinski definition) is 5. The smallest absolute Gasteiger partial charge is 0.183 e. The highest BCUT2D eigenvalue weighted by molar-refractivity contribution is 7.14. The number of aromatic nitrogens is 4. The summed E-state index contributed by atoms with van der Waals surface area (Å²) in [6, 6.07) is 18.4. The predicted molar refractivity (Wildman–Crippen MR) is 96.7 cm³/mol. The van der Waals surface area contributed by atoms with Crippen LogP contribution in [0.2, 0.25) is 0 Å². The zero-order valence-electron chi connectivity index (χ0n) is 12.8. The van der Waals surface area contributed by atoms with E-state index in [9.17, 15) is 0 Å². The Morgan fingerprint density at radius 1 is 1.00 bits per heavy atom. The summed E-state index contributed by atoms with van der Waals surface area (Å²) in [5.41, 5.74) is 4.32. The molecule has 0 aliphatic carbocycles. The first-order valence-corrected chi connectivity index (χ1v) is 8.46. The molecule has 0 radical (unpaired) electrons. The quantitative estimate of drug-likeness (QED) is 0.574. The first kappa shape index (κ1) is 14.6. The third-order valence-electron chi connectivity index (χ3n) is 3.63. The minimum Gasteiger partial charge on any atom is -0.357 e. The van der Waals surface area contributed by atoms with E-state index in [0.717, 1.165) is 27.8 Å². The van der Waals surface area contributed by atoms with Gasteiger partial charge in [0, 0.05) is 23.1 Å². The summed E-state index contributed by atoms with van der Waals surface area (Å²) >= 11 is 1.61. The van der Waals surface area contributed by atoms with Crippen LogP contribution in [0, 0.1) is 0 Å². The van der Waals surface area contributed by atoms with Gasteiger partial charge in [0.25, 0.3) is 0 Å². The SMILES string of the molecule is c1ccc(-c2csc(NCc3cccc(-c4ncn[nH]4)c3)n2)cc1. The average molecular weight is 333 g/mol. The molecule has 2 aromatic heterocycles. The molecule has 2 aromatic carbocycles. The van der Waals surface area contributed by atoms with Crippen molar-refractivity contribution in [3.05, 3.63) is 71.9 Å². The average Bonchev–Trinajstić information content (AvgIpc) is 3.33. The van der Waals surface area contributed by atoms with Crippen LogP contribution in [-0.4, -0.2) is 20.2 Å². The molecule has 118 valence electrons. The normalized spacial score (nSPS) is 10.7. The molecule has 0 spiro atoms. The van der Waals surface area contributed by atoms with Gasteiger partial charge in [-0.15, -0.1) is 11.3 Å². The molecule has 0 saturated heterocycles. The number of thiazole rings is 1. The van der Waals surface area contributed by atoms with Gasteiger partial charge >= 0.3 is 0 Å². The van der Waals surface area contributed by atoms with Gasteiger partial charge in [-0.05, 0) is 11.6 Å². The Bertz CT molecular complexity index is 916. The molecule has 0 fully saturated rings. The largest absolute Gasteiger partial charge is 0.357 e. The van der Waals surface area contributed by atoms with E-state index in [4.69, 9.17) is 0 Å². The second-order valence-electron chi connectivity index (χ2n) is 5.29. The molecule has 6 heteroatoms. The van der Waals surface area contributed by atoms with Crippen molar-refractivity contribution < 1.29 is 0 Å². The first-order valence-electron chi connectivity index (χ1n) is 7.58. The van der Waals surface area contributed by atoms with E-state index in [0.29, 0.717) is 6.54 Å². The lowest BCUT2D eigenvalue weighted by atomic mass is 10.1. The topological polar surface area (TPSA) is 66.5 Å². The summed E-state index contributed by atoms with van der Waals surface area (Å²) in [6.45, 7) is 0.712. The van der Waals surface area contributed by atoms with Gasteiger partial charge in [-0.3, -0.25) is 5.10 Å². The van der Waals surface area contributed by atoms with E-state index in [1.54, 1.807) is 11.3 Å². The zero-order chi connectivity index (χ0) is 16.2. The van der Waals surface area contributed by atoms with E-state index < -0.39 is 0 Å². The molecule has 2 heterocycles. The van der Waals surface area contributed by atoms with Crippen LogP contribution in [0.1, 0.15) is 5.56 Å². The Hall–Kier alpha value is -2.99. The molecule has 0 saturated carbocycles. The number of rotatable bonds is 5. The summed E-state index contributed by atoms with van der Waals surface area (Å²) in [6.07, 6.45) is 1.51. The molecular formula is C18H15N5S. The van der Waals surface area contributed by atoms with Gasteiger partial charge in [0.2, 0.25) is 0 Å². The predicted octanol–water partition coefficient (Wildman–Crippen LogP) is 4.21. The Labute approximate surface area is 143 Å². The van der Waals surface area contributed by atoms with E-state index in [1.807, 2.05) is 30.3 Å². The van der Waals surface area contributed by atoms with Crippen LogP contribution in [-0.2, 0) is 6.54 Å². The molecular weight excluding hydrogens is 318 g/mol. The number of nitrogens with one attached hydrogen (secondary N) is 2. The summed E-state index contributed by atoms with van der Waals surface area (Å²) in [7, 11) is 0. The van der Waals surface area contributed by atoms with Crippen LogP contribution in [0.3, 0.4) is 0 Å². The van der Waals surface area contributed by atoms with Gasteiger partial charge in [0.1, 0.15) is 6.33 Å². The van der Waals surface area contributed by atoms with Gasteiger partial charge in [0.15, 0.2) is 11.0 Å². The number of benzene rings is 2. The van der Waals surface area contributed by atoms with Gasteiger partial charge < -0.3 is 5.32 Å². The van der Waals surface area contributed by atoms with Crippen molar-refractivity contribution in [3.8, 4) is 22.6 Å². The lowest BCUT2D eigenvalue weighted by Crippen LogP contribution is -1.99. The highest BCUT2D eigenvalue weighted by Gasteiger charge is 2.05. The van der Waals surface area contributed by atoms with E-state index >= 15 is 0 Å². The van der Waals surface area contributed by atoms with Crippen LogP contribution < -0.4 is 5.32 Å². The van der Waals surface area contributed by atoms with E-state index in [-0.39, 0.29) is 0 Å². The minimum atomic E-state index is 0.712. The molecule has 0 aliphatic heterocycles. The molecule has 0 amide bonds. The van der Waals surface area contributed by atoms with Crippen molar-refractivity contribution >= 4 is 16.5 Å². The second kappa shape index (κ2) is 6.64. The zero-order valence-corrected chi connectivity index (χ0v) is 13.6. The lowest BCUT2D eigenvalue weighted by molar-refractivity contribution is 1.09. The van der Waals surface area contributed by atoms with E-state index in [2.05, 4.69) is 55.1 Å². The van der Waals surface area contributed by atoms with Crippen molar-refractivity contribution in [1.82, 2.24) is 20.2 Å². The van der Waals surface area contributed by atoms with E-state index in [1.165, 1.54) is 11.9 Å². The third kappa shape index (κ3) is 3.18.